The van der Waals surface area contributed by atoms with Crippen LogP contribution in [0.1, 0.15) is 0 Å². The number of benzene rings is 2. The lowest BCUT2D eigenvalue weighted by Crippen LogP contribution is -1.92. The molecule has 0 radical (unpaired) electrons. The molecule has 4 rings (SSSR count). The van der Waals surface area contributed by atoms with Crippen LogP contribution in [0.15, 0.2) is 69.3 Å². The van der Waals surface area contributed by atoms with Crippen LogP contribution < -0.4 is 10.9 Å². The second-order valence-electron chi connectivity index (χ2n) is 5.30. The molecule has 7 heteroatoms. The molecule has 5 nitrogen and oxygen atoms in total. The fourth-order valence-corrected chi connectivity index (χ4v) is 3.13. The molecule has 2 N–H and O–H groups in total. The predicted octanol–water partition coefficient (Wildman–Crippen LogP) is 4.64. The van der Waals surface area contributed by atoms with Crippen LogP contribution in [0.2, 0.25) is 0 Å². The van der Waals surface area contributed by atoms with Gasteiger partial charge in [-0.15, -0.1) is 11.3 Å². The lowest BCUT2D eigenvalue weighted by molar-refractivity contribution is 0.426. The van der Waals surface area contributed by atoms with Gasteiger partial charge in [-0.2, -0.15) is 5.16 Å². The first-order valence-corrected chi connectivity index (χ1v) is 8.33. The number of halogens is 1. The monoisotopic (exact) mass is 353 g/mol. The Hall–Kier alpha value is -3.19. The quantitative estimate of drug-likeness (QED) is 0.561. The second kappa shape index (κ2) is 6.37. The van der Waals surface area contributed by atoms with Gasteiger partial charge in [0, 0.05) is 16.5 Å². The topological polar surface area (TPSA) is 70.9 Å². The molecule has 0 atom stereocenters. The summed E-state index contributed by atoms with van der Waals surface area (Å²) in [5.74, 6) is 0.135. The maximum atomic E-state index is 13.7. The number of rotatable bonds is 4. The Kier molecular flexibility index (Phi) is 3.91. The van der Waals surface area contributed by atoms with Crippen molar-refractivity contribution in [2.75, 3.05) is 5.32 Å². The zero-order valence-corrected chi connectivity index (χ0v) is 13.6. The molecule has 2 heterocycles. The molecule has 0 bridgehead atoms. The van der Waals surface area contributed by atoms with Crippen LogP contribution in [-0.2, 0) is 0 Å². The van der Waals surface area contributed by atoms with Crippen molar-refractivity contribution in [3.8, 4) is 22.6 Å². The first kappa shape index (κ1) is 15.3. The molecule has 0 amide bonds. The molecule has 4 aromatic rings. The summed E-state index contributed by atoms with van der Waals surface area (Å²) in [6, 6.07) is 15.3. The van der Waals surface area contributed by atoms with Crippen LogP contribution in [0.3, 0.4) is 0 Å². The van der Waals surface area contributed by atoms with Crippen molar-refractivity contribution in [2.45, 2.75) is 0 Å². The number of hydrogen-bond donors (Lipinski definition) is 2. The highest BCUT2D eigenvalue weighted by Gasteiger charge is 2.09. The molecule has 0 aliphatic heterocycles. The third kappa shape index (κ3) is 3.22. The van der Waals surface area contributed by atoms with Crippen LogP contribution in [0.4, 0.5) is 15.2 Å². The standard InChI is InChI=1S/C18H12FN3O2S/c19-13-6-1-2-7-14(13)20-18-21-15(10-25-18)11-4-3-5-12(8-11)16-9-17(23)22-24-16/h1-10H,(H,20,21)(H,22,23). The van der Waals surface area contributed by atoms with Gasteiger partial charge in [-0.05, 0) is 18.2 Å². The summed E-state index contributed by atoms with van der Waals surface area (Å²) in [4.78, 5) is 15.7. The third-order valence-electron chi connectivity index (χ3n) is 3.59. The molecule has 0 fully saturated rings. The maximum absolute atomic E-state index is 13.7. The minimum atomic E-state index is -0.330. The van der Waals surface area contributed by atoms with Gasteiger partial charge in [-0.25, -0.2) is 9.37 Å². The largest absolute Gasteiger partial charge is 0.378 e. The molecule has 0 unspecified atom stereocenters. The fraction of sp³-hybridized carbons (Fsp3) is 0. The number of anilines is 2. The van der Waals surface area contributed by atoms with E-state index in [9.17, 15) is 9.18 Å². The highest BCUT2D eigenvalue weighted by molar-refractivity contribution is 7.14. The van der Waals surface area contributed by atoms with Gasteiger partial charge in [-0.1, -0.05) is 30.3 Å². The third-order valence-corrected chi connectivity index (χ3v) is 4.34. The normalized spacial score (nSPS) is 10.8. The number of hydrogen-bond acceptors (Lipinski definition) is 5. The SMILES string of the molecule is O=c1cc(-c2cccc(-c3csc(Nc4ccccc4F)n3)c2)o[nH]1. The predicted molar refractivity (Wildman–Crippen MR) is 95.6 cm³/mol. The Balaban J connectivity index is 1.62. The molecule has 0 aliphatic rings. The second-order valence-corrected chi connectivity index (χ2v) is 6.16. The van der Waals surface area contributed by atoms with E-state index in [0.29, 0.717) is 16.6 Å². The zero-order valence-electron chi connectivity index (χ0n) is 12.8. The summed E-state index contributed by atoms with van der Waals surface area (Å²) in [6.45, 7) is 0. The summed E-state index contributed by atoms with van der Waals surface area (Å²) < 4.78 is 18.9. The Bertz CT molecular complexity index is 1080. The average Bonchev–Trinajstić information content (AvgIpc) is 3.26. The van der Waals surface area contributed by atoms with Gasteiger partial charge in [0.15, 0.2) is 10.9 Å². The Morgan fingerprint density at radius 2 is 1.92 bits per heavy atom. The van der Waals surface area contributed by atoms with E-state index in [4.69, 9.17) is 4.52 Å². The summed E-state index contributed by atoms with van der Waals surface area (Å²) >= 11 is 1.39. The number of nitrogens with zero attached hydrogens (tertiary/aromatic N) is 1. The van der Waals surface area contributed by atoms with Crippen LogP contribution >= 0.6 is 11.3 Å². The van der Waals surface area contributed by atoms with Crippen LogP contribution in [0.25, 0.3) is 22.6 Å². The molecular weight excluding hydrogens is 341 g/mol. The first-order chi connectivity index (χ1) is 12.2. The summed E-state index contributed by atoms with van der Waals surface area (Å²) in [7, 11) is 0. The van der Waals surface area contributed by atoms with Gasteiger partial charge in [0.05, 0.1) is 17.4 Å². The van der Waals surface area contributed by atoms with E-state index in [2.05, 4.69) is 15.5 Å². The van der Waals surface area contributed by atoms with Crippen molar-refractivity contribution in [1.29, 1.82) is 0 Å². The van der Waals surface area contributed by atoms with E-state index < -0.39 is 0 Å². The van der Waals surface area contributed by atoms with Gasteiger partial charge < -0.3 is 9.84 Å². The Morgan fingerprint density at radius 3 is 2.72 bits per heavy atom. The van der Waals surface area contributed by atoms with Crippen molar-refractivity contribution >= 4 is 22.2 Å². The number of thiazole rings is 1. The summed E-state index contributed by atoms with van der Waals surface area (Å²) in [6.07, 6.45) is 0. The lowest BCUT2D eigenvalue weighted by Gasteiger charge is -2.03. The number of para-hydroxylation sites is 1. The van der Waals surface area contributed by atoms with Crippen molar-refractivity contribution in [2.24, 2.45) is 0 Å². The molecule has 0 saturated heterocycles. The highest BCUT2D eigenvalue weighted by Crippen LogP contribution is 2.30. The molecule has 25 heavy (non-hydrogen) atoms. The zero-order chi connectivity index (χ0) is 17.2. The number of aromatic amines is 1. The molecule has 2 aromatic carbocycles. The first-order valence-electron chi connectivity index (χ1n) is 7.45. The van der Waals surface area contributed by atoms with E-state index in [1.54, 1.807) is 18.2 Å². The van der Waals surface area contributed by atoms with E-state index in [1.165, 1.54) is 23.5 Å². The smallest absolute Gasteiger partial charge is 0.280 e. The maximum Gasteiger partial charge on any atom is 0.280 e. The van der Waals surface area contributed by atoms with E-state index in [1.807, 2.05) is 29.6 Å². The Labute approximate surface area is 145 Å². The highest BCUT2D eigenvalue weighted by atomic mass is 32.1. The van der Waals surface area contributed by atoms with Crippen molar-refractivity contribution < 1.29 is 8.91 Å². The van der Waals surface area contributed by atoms with Gasteiger partial charge in [0.1, 0.15) is 5.82 Å². The van der Waals surface area contributed by atoms with Gasteiger partial charge >= 0.3 is 0 Å². The molecule has 0 saturated carbocycles. The average molecular weight is 353 g/mol. The minimum absolute atomic E-state index is 0.287. The molecule has 2 aromatic heterocycles. The van der Waals surface area contributed by atoms with Crippen molar-refractivity contribution in [3.05, 3.63) is 76.1 Å². The molecule has 124 valence electrons. The molecule has 0 spiro atoms. The van der Waals surface area contributed by atoms with Gasteiger partial charge in [0.25, 0.3) is 5.56 Å². The minimum Gasteiger partial charge on any atom is -0.378 e. The van der Waals surface area contributed by atoms with E-state index in [0.717, 1.165) is 16.8 Å². The lowest BCUT2D eigenvalue weighted by atomic mass is 10.1. The molecular formula is C18H12FN3O2S. The van der Waals surface area contributed by atoms with Crippen LogP contribution in [0.5, 0.6) is 0 Å². The molecule has 0 aliphatic carbocycles. The van der Waals surface area contributed by atoms with Crippen molar-refractivity contribution in [3.63, 3.8) is 0 Å². The number of H-pyrrole nitrogens is 1. The van der Waals surface area contributed by atoms with Gasteiger partial charge in [-0.3, -0.25) is 4.79 Å². The van der Waals surface area contributed by atoms with Crippen LogP contribution in [0, 0.1) is 5.82 Å². The summed E-state index contributed by atoms with van der Waals surface area (Å²) in [5, 5.41) is 7.73. The van der Waals surface area contributed by atoms with E-state index in [-0.39, 0.29) is 11.4 Å². The van der Waals surface area contributed by atoms with Crippen molar-refractivity contribution in [1.82, 2.24) is 10.1 Å². The van der Waals surface area contributed by atoms with Gasteiger partial charge in [0.2, 0.25) is 0 Å². The fourth-order valence-electron chi connectivity index (χ4n) is 2.40. The van der Waals surface area contributed by atoms with Crippen LogP contribution in [-0.4, -0.2) is 10.1 Å². The Morgan fingerprint density at radius 1 is 1.08 bits per heavy atom. The van der Waals surface area contributed by atoms with E-state index >= 15 is 0 Å². The summed E-state index contributed by atoms with van der Waals surface area (Å²) in [5.41, 5.74) is 2.49. The number of aromatic nitrogens is 2. The number of nitrogens with one attached hydrogen (secondary N) is 2.